The minimum atomic E-state index is 0.141. The van der Waals surface area contributed by atoms with Crippen molar-refractivity contribution in [2.45, 2.75) is 32.6 Å². The number of aromatic nitrogens is 3. The second-order valence-electron chi connectivity index (χ2n) is 3.91. The van der Waals surface area contributed by atoms with Gasteiger partial charge < -0.3 is 5.32 Å². The van der Waals surface area contributed by atoms with E-state index in [1.807, 2.05) is 4.40 Å². The Kier molecular flexibility index (Phi) is 4.08. The fourth-order valence-corrected chi connectivity index (χ4v) is 2.46. The molecule has 2 heterocycles. The molecule has 17 heavy (non-hydrogen) atoms. The third-order valence-corrected chi connectivity index (χ3v) is 3.47. The van der Waals surface area contributed by atoms with Gasteiger partial charge in [-0.2, -0.15) is 0 Å². The molecular weight excluding hydrogens is 236 g/mol. The maximum atomic E-state index is 11.4. The second kappa shape index (κ2) is 5.77. The first-order valence-electron chi connectivity index (χ1n) is 5.84. The van der Waals surface area contributed by atoms with Crippen LogP contribution in [0.3, 0.4) is 0 Å². The van der Waals surface area contributed by atoms with Crippen LogP contribution in [-0.2, 0) is 11.2 Å². The quantitative estimate of drug-likeness (QED) is 0.850. The molecule has 2 aromatic rings. The molecule has 0 saturated carbocycles. The van der Waals surface area contributed by atoms with Crippen LogP contribution >= 0.6 is 11.3 Å². The standard InChI is InChI=1S/C11H16N4OS/c1-2-3-4-10(16)12-6-5-9-7-17-11-14-13-8-15(9)11/h7-8H,2-6H2,1H3,(H,12,16). The van der Waals surface area contributed by atoms with E-state index < -0.39 is 0 Å². The zero-order valence-corrected chi connectivity index (χ0v) is 10.7. The van der Waals surface area contributed by atoms with Gasteiger partial charge in [0, 0.05) is 30.5 Å². The van der Waals surface area contributed by atoms with Crippen LogP contribution in [0.15, 0.2) is 11.7 Å². The molecule has 0 aliphatic rings. The molecule has 0 aromatic carbocycles. The van der Waals surface area contributed by atoms with Crippen LogP contribution in [0.25, 0.3) is 4.96 Å². The van der Waals surface area contributed by atoms with E-state index in [4.69, 9.17) is 0 Å². The van der Waals surface area contributed by atoms with Crippen LogP contribution in [0, 0.1) is 0 Å². The van der Waals surface area contributed by atoms with Crippen molar-refractivity contribution in [1.82, 2.24) is 19.9 Å². The summed E-state index contributed by atoms with van der Waals surface area (Å²) in [6.45, 7) is 2.76. The third-order valence-electron chi connectivity index (χ3n) is 2.59. The Morgan fingerprint density at radius 2 is 2.47 bits per heavy atom. The highest BCUT2D eigenvalue weighted by atomic mass is 32.1. The summed E-state index contributed by atoms with van der Waals surface area (Å²) >= 11 is 1.57. The Labute approximate surface area is 104 Å². The predicted octanol–water partition coefficient (Wildman–Crippen LogP) is 1.64. The first-order valence-corrected chi connectivity index (χ1v) is 6.72. The number of hydrogen-bond donors (Lipinski definition) is 1. The third kappa shape index (κ3) is 3.03. The number of rotatable bonds is 6. The van der Waals surface area contributed by atoms with E-state index in [2.05, 4.69) is 27.8 Å². The summed E-state index contributed by atoms with van der Waals surface area (Å²) in [4.78, 5) is 12.3. The van der Waals surface area contributed by atoms with Gasteiger partial charge in [0.05, 0.1) is 0 Å². The minimum absolute atomic E-state index is 0.141. The summed E-state index contributed by atoms with van der Waals surface area (Å²) in [5.74, 6) is 0.141. The van der Waals surface area contributed by atoms with Crippen molar-refractivity contribution in [3.05, 3.63) is 17.4 Å². The number of unbranched alkanes of at least 4 members (excludes halogenated alkanes) is 1. The van der Waals surface area contributed by atoms with Crippen LogP contribution in [-0.4, -0.2) is 27.0 Å². The number of carbonyl (C=O) groups excluding carboxylic acids is 1. The smallest absolute Gasteiger partial charge is 0.220 e. The van der Waals surface area contributed by atoms with Crippen molar-refractivity contribution < 1.29 is 4.79 Å². The lowest BCUT2D eigenvalue weighted by Gasteiger charge is -2.03. The molecule has 5 nitrogen and oxygen atoms in total. The molecule has 0 aliphatic carbocycles. The molecule has 0 unspecified atom stereocenters. The van der Waals surface area contributed by atoms with Crippen molar-refractivity contribution in [2.75, 3.05) is 6.54 Å². The molecule has 2 rings (SSSR count). The molecule has 0 atom stereocenters. The Morgan fingerprint density at radius 1 is 1.59 bits per heavy atom. The largest absolute Gasteiger partial charge is 0.356 e. The Hall–Kier alpha value is -1.43. The summed E-state index contributed by atoms with van der Waals surface area (Å²) in [5, 5.41) is 12.8. The van der Waals surface area contributed by atoms with Gasteiger partial charge in [-0.15, -0.1) is 21.5 Å². The molecular formula is C11H16N4OS. The van der Waals surface area contributed by atoms with E-state index in [-0.39, 0.29) is 5.91 Å². The molecule has 0 fully saturated rings. The van der Waals surface area contributed by atoms with E-state index in [0.29, 0.717) is 13.0 Å². The summed E-state index contributed by atoms with van der Waals surface area (Å²) in [6, 6.07) is 0. The Balaban J connectivity index is 1.79. The molecule has 0 bridgehead atoms. The van der Waals surface area contributed by atoms with Crippen LogP contribution in [0.5, 0.6) is 0 Å². The number of amides is 1. The zero-order chi connectivity index (χ0) is 12.1. The van der Waals surface area contributed by atoms with Crippen LogP contribution in [0.1, 0.15) is 31.9 Å². The summed E-state index contributed by atoms with van der Waals surface area (Å²) < 4.78 is 1.96. The molecule has 6 heteroatoms. The van der Waals surface area contributed by atoms with E-state index in [1.54, 1.807) is 17.7 Å². The van der Waals surface area contributed by atoms with E-state index in [1.165, 1.54) is 0 Å². The van der Waals surface area contributed by atoms with Gasteiger partial charge >= 0.3 is 0 Å². The number of nitrogens with zero attached hydrogens (tertiary/aromatic N) is 3. The molecule has 0 saturated heterocycles. The topological polar surface area (TPSA) is 59.3 Å². The van der Waals surface area contributed by atoms with Gasteiger partial charge in [-0.25, -0.2) is 0 Å². The molecule has 1 N–H and O–H groups in total. The van der Waals surface area contributed by atoms with Crippen molar-refractivity contribution in [1.29, 1.82) is 0 Å². The summed E-state index contributed by atoms with van der Waals surface area (Å²) in [6.07, 6.45) is 5.16. The lowest BCUT2D eigenvalue weighted by Crippen LogP contribution is -2.25. The lowest BCUT2D eigenvalue weighted by molar-refractivity contribution is -0.121. The first-order chi connectivity index (χ1) is 8.31. The molecule has 0 aliphatic heterocycles. The van der Waals surface area contributed by atoms with Gasteiger partial charge in [-0.05, 0) is 6.42 Å². The van der Waals surface area contributed by atoms with Crippen molar-refractivity contribution >= 4 is 22.2 Å². The van der Waals surface area contributed by atoms with Gasteiger partial charge in [0.1, 0.15) is 6.33 Å². The number of thiazole rings is 1. The SMILES string of the molecule is CCCCC(=O)NCCc1csc2nncn12. The molecule has 0 radical (unpaired) electrons. The average molecular weight is 252 g/mol. The van der Waals surface area contributed by atoms with E-state index in [9.17, 15) is 4.79 Å². The highest BCUT2D eigenvalue weighted by molar-refractivity contribution is 7.15. The van der Waals surface area contributed by atoms with Crippen LogP contribution < -0.4 is 5.32 Å². The minimum Gasteiger partial charge on any atom is -0.356 e. The Morgan fingerprint density at radius 3 is 3.29 bits per heavy atom. The molecule has 2 aromatic heterocycles. The number of nitrogens with one attached hydrogen (secondary N) is 1. The van der Waals surface area contributed by atoms with Crippen molar-refractivity contribution in [3.63, 3.8) is 0 Å². The number of hydrogen-bond acceptors (Lipinski definition) is 4. The van der Waals surface area contributed by atoms with E-state index in [0.717, 1.165) is 29.9 Å². The predicted molar refractivity (Wildman–Crippen MR) is 67.1 cm³/mol. The number of carbonyl (C=O) groups is 1. The van der Waals surface area contributed by atoms with Crippen molar-refractivity contribution in [3.8, 4) is 0 Å². The fourth-order valence-electron chi connectivity index (χ4n) is 1.61. The van der Waals surface area contributed by atoms with E-state index >= 15 is 0 Å². The Bertz CT molecular complexity index is 490. The maximum Gasteiger partial charge on any atom is 0.220 e. The van der Waals surface area contributed by atoms with Gasteiger partial charge in [0.2, 0.25) is 10.9 Å². The second-order valence-corrected chi connectivity index (χ2v) is 4.75. The molecule has 92 valence electrons. The van der Waals surface area contributed by atoms with Gasteiger partial charge in [0.25, 0.3) is 0 Å². The lowest BCUT2D eigenvalue weighted by atomic mass is 10.2. The maximum absolute atomic E-state index is 11.4. The van der Waals surface area contributed by atoms with Crippen molar-refractivity contribution in [2.24, 2.45) is 0 Å². The van der Waals surface area contributed by atoms with Gasteiger partial charge in [0.15, 0.2) is 0 Å². The van der Waals surface area contributed by atoms with Crippen LogP contribution in [0.4, 0.5) is 0 Å². The highest BCUT2D eigenvalue weighted by Crippen LogP contribution is 2.13. The zero-order valence-electron chi connectivity index (χ0n) is 9.85. The van der Waals surface area contributed by atoms with Crippen LogP contribution in [0.2, 0.25) is 0 Å². The van der Waals surface area contributed by atoms with Gasteiger partial charge in [-0.3, -0.25) is 9.20 Å². The van der Waals surface area contributed by atoms with Gasteiger partial charge in [-0.1, -0.05) is 13.3 Å². The summed E-state index contributed by atoms with van der Waals surface area (Å²) in [7, 11) is 0. The average Bonchev–Trinajstić information content (AvgIpc) is 2.90. The first kappa shape index (κ1) is 12.0. The fraction of sp³-hybridized carbons (Fsp3) is 0.545. The summed E-state index contributed by atoms with van der Waals surface area (Å²) in [5.41, 5.74) is 1.14. The molecule has 1 amide bonds. The normalized spacial score (nSPS) is 10.9. The monoisotopic (exact) mass is 252 g/mol. The number of fused-ring (bicyclic) bond motifs is 1. The molecule has 0 spiro atoms. The highest BCUT2D eigenvalue weighted by Gasteiger charge is 2.05.